The Kier molecular flexibility index (Phi) is 4.57. The average molecular weight is 521 g/mol. The summed E-state index contributed by atoms with van der Waals surface area (Å²) in [4.78, 5) is 10.9. The number of hydrogen-bond acceptors (Lipinski definition) is 2. The summed E-state index contributed by atoms with van der Waals surface area (Å²) in [6.07, 6.45) is 0. The van der Waals surface area contributed by atoms with Gasteiger partial charge in [0.25, 0.3) is 0 Å². The monoisotopic (exact) mass is 520 g/mol. The summed E-state index contributed by atoms with van der Waals surface area (Å²) in [5.74, 6) is 0.751. The molecule has 0 aliphatic heterocycles. The van der Waals surface area contributed by atoms with Gasteiger partial charge in [-0.1, -0.05) is 146 Å². The van der Waals surface area contributed by atoms with Crippen LogP contribution in [0.1, 0.15) is 22.4 Å². The van der Waals surface area contributed by atoms with Gasteiger partial charge in [-0.2, -0.15) is 0 Å². The molecular formula is C39H24N2. The Hall–Kier alpha value is -5.34. The maximum Gasteiger partial charge on any atom is 0.160 e. The van der Waals surface area contributed by atoms with E-state index in [1.807, 2.05) is 6.07 Å². The maximum absolute atomic E-state index is 5.53. The Morgan fingerprint density at radius 2 is 0.951 bits per heavy atom. The van der Waals surface area contributed by atoms with Gasteiger partial charge in [-0.25, -0.2) is 9.97 Å². The van der Waals surface area contributed by atoms with Crippen LogP contribution in [-0.4, -0.2) is 9.97 Å². The zero-order chi connectivity index (χ0) is 27.0. The molecule has 6 aromatic carbocycles. The number of benzene rings is 6. The van der Waals surface area contributed by atoms with Crippen LogP contribution in [0.15, 0.2) is 146 Å². The Balaban J connectivity index is 1.50. The van der Waals surface area contributed by atoms with Crippen LogP contribution in [0, 0.1) is 0 Å². The highest BCUT2D eigenvalue weighted by Gasteiger charge is 2.53. The summed E-state index contributed by atoms with van der Waals surface area (Å²) in [7, 11) is 0. The van der Waals surface area contributed by atoms with Gasteiger partial charge in [0.05, 0.1) is 16.8 Å². The molecule has 41 heavy (non-hydrogen) atoms. The molecule has 0 saturated heterocycles. The molecule has 0 fully saturated rings. The number of nitrogens with zero attached hydrogens (tertiary/aromatic N) is 2. The van der Waals surface area contributed by atoms with E-state index in [4.69, 9.17) is 9.97 Å². The van der Waals surface area contributed by atoms with Crippen LogP contribution >= 0.6 is 0 Å². The van der Waals surface area contributed by atoms with Crippen molar-refractivity contribution in [2.45, 2.75) is 5.41 Å². The molecule has 0 bridgehead atoms. The quantitative estimate of drug-likeness (QED) is 0.227. The fourth-order valence-corrected chi connectivity index (χ4v) is 7.27. The van der Waals surface area contributed by atoms with Crippen LogP contribution in [0.4, 0.5) is 0 Å². The summed E-state index contributed by atoms with van der Waals surface area (Å²) in [5, 5.41) is 2.40. The molecule has 2 aliphatic rings. The Labute approximate surface area is 238 Å². The summed E-state index contributed by atoms with van der Waals surface area (Å²) < 4.78 is 0. The minimum atomic E-state index is -0.523. The fourth-order valence-electron chi connectivity index (χ4n) is 7.27. The molecule has 2 nitrogen and oxygen atoms in total. The van der Waals surface area contributed by atoms with Crippen LogP contribution in [0.5, 0.6) is 0 Å². The Bertz CT molecular complexity index is 2110. The molecule has 1 heterocycles. The number of rotatable bonds is 2. The lowest BCUT2D eigenvalue weighted by molar-refractivity contribution is 0.758. The third kappa shape index (κ3) is 2.91. The summed E-state index contributed by atoms with van der Waals surface area (Å²) >= 11 is 0. The first-order valence-electron chi connectivity index (χ1n) is 14.1. The van der Waals surface area contributed by atoms with E-state index in [0.717, 1.165) is 33.9 Å². The van der Waals surface area contributed by atoms with Crippen molar-refractivity contribution in [3.8, 4) is 44.9 Å². The second-order valence-electron chi connectivity index (χ2n) is 10.9. The van der Waals surface area contributed by atoms with Crippen molar-refractivity contribution in [3.05, 3.63) is 168 Å². The number of hydrogen-bond donors (Lipinski definition) is 0. The van der Waals surface area contributed by atoms with Gasteiger partial charge in [0.15, 0.2) is 5.82 Å². The summed E-state index contributed by atoms with van der Waals surface area (Å²) in [6.45, 7) is 0. The molecule has 0 saturated carbocycles. The van der Waals surface area contributed by atoms with Crippen molar-refractivity contribution < 1.29 is 0 Å². The van der Waals surface area contributed by atoms with Crippen LogP contribution in [0.25, 0.3) is 55.7 Å². The third-order valence-electron chi connectivity index (χ3n) is 8.89. The zero-order valence-corrected chi connectivity index (χ0v) is 22.3. The van der Waals surface area contributed by atoms with E-state index in [0.29, 0.717) is 0 Å². The van der Waals surface area contributed by atoms with E-state index in [9.17, 15) is 0 Å². The van der Waals surface area contributed by atoms with Crippen molar-refractivity contribution in [2.75, 3.05) is 0 Å². The van der Waals surface area contributed by atoms with E-state index < -0.39 is 5.41 Å². The third-order valence-corrected chi connectivity index (χ3v) is 8.89. The van der Waals surface area contributed by atoms with Crippen molar-refractivity contribution in [1.82, 2.24) is 9.97 Å². The molecule has 0 unspecified atom stereocenters. The van der Waals surface area contributed by atoms with Gasteiger partial charge >= 0.3 is 0 Å². The highest BCUT2D eigenvalue weighted by atomic mass is 14.9. The lowest BCUT2D eigenvalue weighted by atomic mass is 9.72. The van der Waals surface area contributed by atoms with Crippen LogP contribution in [-0.2, 0) is 5.41 Å². The first-order chi connectivity index (χ1) is 20.4. The number of fused-ring (bicyclic) bond motifs is 11. The molecule has 1 aromatic heterocycles. The summed E-state index contributed by atoms with van der Waals surface area (Å²) in [6, 6.07) is 52.1. The van der Waals surface area contributed by atoms with Crippen LogP contribution in [0.2, 0.25) is 0 Å². The van der Waals surface area contributed by atoms with E-state index >= 15 is 0 Å². The Morgan fingerprint density at radius 3 is 1.68 bits per heavy atom. The normalized spacial score (nSPS) is 13.6. The maximum atomic E-state index is 5.53. The fraction of sp³-hybridized carbons (Fsp3) is 0.0256. The van der Waals surface area contributed by atoms with E-state index in [1.165, 1.54) is 44.2 Å². The van der Waals surface area contributed by atoms with Crippen LogP contribution < -0.4 is 0 Å². The van der Waals surface area contributed by atoms with Crippen molar-refractivity contribution in [3.63, 3.8) is 0 Å². The molecule has 0 atom stereocenters. The lowest BCUT2D eigenvalue weighted by Crippen LogP contribution is -2.27. The molecule has 0 radical (unpaired) electrons. The van der Waals surface area contributed by atoms with Gasteiger partial charge in [-0.05, 0) is 44.2 Å². The lowest BCUT2D eigenvalue weighted by Gasteiger charge is -2.29. The van der Waals surface area contributed by atoms with E-state index in [2.05, 4.69) is 140 Å². The van der Waals surface area contributed by atoms with E-state index in [-0.39, 0.29) is 0 Å². The topological polar surface area (TPSA) is 25.8 Å². The van der Waals surface area contributed by atoms with Gasteiger partial charge in [-0.15, -0.1) is 0 Å². The molecule has 9 rings (SSSR count). The van der Waals surface area contributed by atoms with Gasteiger partial charge in [0.1, 0.15) is 0 Å². The molecule has 1 spiro atoms. The minimum Gasteiger partial charge on any atom is -0.231 e. The molecule has 190 valence electrons. The van der Waals surface area contributed by atoms with Gasteiger partial charge in [-0.3, -0.25) is 0 Å². The predicted octanol–water partition coefficient (Wildman–Crippen LogP) is 9.31. The van der Waals surface area contributed by atoms with Crippen molar-refractivity contribution in [2.24, 2.45) is 0 Å². The SMILES string of the molecule is c1ccc(-c2nc(-c3cccc4ccccc34)c3c(n2)C2(c4ccccc4-c4ccccc42)c2ccccc2-3)cc1. The predicted molar refractivity (Wildman–Crippen MR) is 167 cm³/mol. The molecular weight excluding hydrogens is 496 g/mol. The smallest absolute Gasteiger partial charge is 0.160 e. The Morgan fingerprint density at radius 1 is 0.415 bits per heavy atom. The van der Waals surface area contributed by atoms with Crippen LogP contribution in [0.3, 0.4) is 0 Å². The standard InChI is InChI=1S/C39H24N2/c1-2-14-26(15-3-1)38-40-36(30-21-12-16-25-13-4-5-17-27(25)30)35-31-20-8-11-24-34(31)39(37(35)41-38)32-22-9-6-18-28(32)29-19-7-10-23-33(29)39/h1-24H. The number of aromatic nitrogens is 2. The molecule has 2 aliphatic carbocycles. The minimum absolute atomic E-state index is 0.523. The van der Waals surface area contributed by atoms with Gasteiger partial charge in [0.2, 0.25) is 0 Å². The first-order valence-corrected chi connectivity index (χ1v) is 14.1. The zero-order valence-electron chi connectivity index (χ0n) is 22.3. The highest BCUT2D eigenvalue weighted by Crippen LogP contribution is 2.63. The van der Waals surface area contributed by atoms with Gasteiger partial charge in [0, 0.05) is 16.7 Å². The van der Waals surface area contributed by atoms with Crippen molar-refractivity contribution in [1.29, 1.82) is 0 Å². The second-order valence-corrected chi connectivity index (χ2v) is 10.9. The molecule has 7 aromatic rings. The largest absolute Gasteiger partial charge is 0.231 e. The molecule has 0 amide bonds. The second kappa shape index (κ2) is 8.33. The van der Waals surface area contributed by atoms with Gasteiger partial charge < -0.3 is 0 Å². The summed E-state index contributed by atoms with van der Waals surface area (Å²) in [5.41, 5.74) is 12.4. The van der Waals surface area contributed by atoms with Crippen molar-refractivity contribution >= 4 is 10.8 Å². The van der Waals surface area contributed by atoms with E-state index in [1.54, 1.807) is 0 Å². The molecule has 0 N–H and O–H groups in total. The average Bonchev–Trinajstić information content (AvgIpc) is 3.52. The highest BCUT2D eigenvalue weighted by molar-refractivity contribution is 6.04. The first kappa shape index (κ1) is 22.5. The molecule has 2 heteroatoms.